The van der Waals surface area contributed by atoms with Crippen molar-refractivity contribution in [3.63, 3.8) is 0 Å². The number of hydrogen-bond acceptors (Lipinski definition) is 5. The summed E-state index contributed by atoms with van der Waals surface area (Å²) < 4.78 is 5.82. The summed E-state index contributed by atoms with van der Waals surface area (Å²) in [7, 11) is 0. The number of nitrogen functional groups attached to an aromatic ring is 1. The number of amides is 2. The highest BCUT2D eigenvalue weighted by atomic mass is 35.5. The number of ether oxygens (including phenoxy) is 1. The summed E-state index contributed by atoms with van der Waals surface area (Å²) in [6.07, 6.45) is -0.900. The van der Waals surface area contributed by atoms with Gasteiger partial charge < -0.3 is 15.8 Å². The first-order valence-corrected chi connectivity index (χ1v) is 8.10. The normalized spacial score (nSPS) is 17.2. The van der Waals surface area contributed by atoms with Gasteiger partial charge in [-0.25, -0.2) is 4.79 Å². The van der Waals surface area contributed by atoms with Crippen LogP contribution in [0, 0.1) is 0 Å². The molecule has 2 aromatic rings. The number of para-hydroxylation sites is 2. The Labute approximate surface area is 141 Å². The number of nitrogens with two attached hydrogens (primary N) is 1. The van der Waals surface area contributed by atoms with Crippen molar-refractivity contribution in [2.45, 2.75) is 6.10 Å². The predicted molar refractivity (Wildman–Crippen MR) is 90.1 cm³/mol. The minimum Gasteiger partial charge on any atom is -0.442 e. The summed E-state index contributed by atoms with van der Waals surface area (Å²) in [5, 5.41) is 2.74. The molecule has 1 aromatic heterocycles. The van der Waals surface area contributed by atoms with Gasteiger partial charge in [0.2, 0.25) is 0 Å². The van der Waals surface area contributed by atoms with Crippen molar-refractivity contribution in [2.24, 2.45) is 0 Å². The lowest BCUT2D eigenvalue weighted by atomic mass is 10.2. The molecule has 3 N–H and O–H groups in total. The Kier molecular flexibility index (Phi) is 4.40. The van der Waals surface area contributed by atoms with Gasteiger partial charge in [-0.2, -0.15) is 0 Å². The van der Waals surface area contributed by atoms with Crippen molar-refractivity contribution >= 4 is 46.3 Å². The van der Waals surface area contributed by atoms with Gasteiger partial charge >= 0.3 is 6.09 Å². The van der Waals surface area contributed by atoms with Crippen molar-refractivity contribution < 1.29 is 14.3 Å². The number of benzene rings is 1. The van der Waals surface area contributed by atoms with E-state index in [2.05, 4.69) is 5.32 Å². The number of hydrogen-bond donors (Lipinski definition) is 2. The van der Waals surface area contributed by atoms with Crippen LogP contribution in [0.5, 0.6) is 0 Å². The van der Waals surface area contributed by atoms with E-state index >= 15 is 0 Å². The van der Waals surface area contributed by atoms with E-state index < -0.39 is 12.2 Å². The lowest BCUT2D eigenvalue weighted by Gasteiger charge is -2.15. The van der Waals surface area contributed by atoms with Crippen LogP contribution in [-0.2, 0) is 4.74 Å². The number of carbonyl (C=O) groups excluding carboxylic acids is 2. The van der Waals surface area contributed by atoms with Crippen LogP contribution in [0.4, 0.5) is 16.2 Å². The van der Waals surface area contributed by atoms with Crippen molar-refractivity contribution in [2.75, 3.05) is 23.7 Å². The number of thiophene rings is 1. The number of cyclic esters (lactones) is 1. The molecule has 0 unspecified atom stereocenters. The third kappa shape index (κ3) is 3.40. The molecule has 1 aliphatic rings. The number of halogens is 1. The van der Waals surface area contributed by atoms with Crippen molar-refractivity contribution in [3.8, 4) is 0 Å². The second-order valence-corrected chi connectivity index (χ2v) is 6.70. The second kappa shape index (κ2) is 6.47. The molecule has 1 saturated heterocycles. The maximum absolute atomic E-state index is 12.0. The zero-order valence-corrected chi connectivity index (χ0v) is 13.6. The van der Waals surface area contributed by atoms with Gasteiger partial charge in [-0.3, -0.25) is 9.69 Å². The smallest absolute Gasteiger partial charge is 0.414 e. The van der Waals surface area contributed by atoms with E-state index in [4.69, 9.17) is 22.1 Å². The van der Waals surface area contributed by atoms with Crippen LogP contribution >= 0.6 is 22.9 Å². The number of nitrogens with zero attached hydrogens (tertiary/aromatic N) is 1. The quantitative estimate of drug-likeness (QED) is 0.829. The van der Waals surface area contributed by atoms with Crippen molar-refractivity contribution in [1.82, 2.24) is 5.32 Å². The van der Waals surface area contributed by atoms with Gasteiger partial charge in [0.1, 0.15) is 6.10 Å². The maximum Gasteiger partial charge on any atom is 0.414 e. The molecule has 0 aliphatic carbocycles. The molecule has 0 radical (unpaired) electrons. The Morgan fingerprint density at radius 2 is 2.17 bits per heavy atom. The maximum atomic E-state index is 12.0. The Hall–Kier alpha value is -2.25. The fourth-order valence-electron chi connectivity index (χ4n) is 2.29. The summed E-state index contributed by atoms with van der Waals surface area (Å²) in [5.41, 5.74) is 6.99. The van der Waals surface area contributed by atoms with Gasteiger partial charge in [0.15, 0.2) is 0 Å². The zero-order valence-electron chi connectivity index (χ0n) is 12.0. The van der Waals surface area contributed by atoms with Crippen LogP contribution in [0.3, 0.4) is 0 Å². The molecule has 23 heavy (non-hydrogen) atoms. The van der Waals surface area contributed by atoms with E-state index in [9.17, 15) is 9.59 Å². The molecular formula is C15H14ClN3O3S. The van der Waals surface area contributed by atoms with E-state index in [1.165, 1.54) is 16.2 Å². The molecule has 120 valence electrons. The summed E-state index contributed by atoms with van der Waals surface area (Å²) in [5.74, 6) is -0.240. The van der Waals surface area contributed by atoms with E-state index in [1.54, 1.807) is 36.4 Å². The summed E-state index contributed by atoms with van der Waals surface area (Å²) in [6, 6.07) is 10.4. The second-order valence-electron chi connectivity index (χ2n) is 4.99. The summed E-state index contributed by atoms with van der Waals surface area (Å²) in [4.78, 5) is 25.9. The molecule has 2 amide bonds. The zero-order chi connectivity index (χ0) is 16.4. The van der Waals surface area contributed by atoms with Crippen LogP contribution in [0.2, 0.25) is 4.34 Å². The molecule has 1 aliphatic heterocycles. The number of carbonyl (C=O) groups is 2. The lowest BCUT2D eigenvalue weighted by molar-refractivity contribution is 0.0920. The Morgan fingerprint density at radius 3 is 2.87 bits per heavy atom. The minimum absolute atomic E-state index is 0.226. The molecule has 3 rings (SSSR count). The van der Waals surface area contributed by atoms with Crippen molar-refractivity contribution in [1.29, 1.82) is 0 Å². The van der Waals surface area contributed by atoms with Crippen LogP contribution in [0.1, 0.15) is 9.67 Å². The van der Waals surface area contributed by atoms with Crippen LogP contribution in [0.25, 0.3) is 0 Å². The molecule has 2 heterocycles. The van der Waals surface area contributed by atoms with Gasteiger partial charge in [0, 0.05) is 0 Å². The first kappa shape index (κ1) is 15.6. The highest BCUT2D eigenvalue weighted by molar-refractivity contribution is 7.17. The molecule has 0 spiro atoms. The van der Waals surface area contributed by atoms with Crippen LogP contribution < -0.4 is 16.0 Å². The monoisotopic (exact) mass is 351 g/mol. The van der Waals surface area contributed by atoms with E-state index in [1.807, 2.05) is 0 Å². The summed E-state index contributed by atoms with van der Waals surface area (Å²) in [6.45, 7) is 0.557. The molecule has 0 saturated carbocycles. The average Bonchev–Trinajstić information content (AvgIpc) is 3.11. The lowest BCUT2D eigenvalue weighted by Crippen LogP contribution is -2.34. The van der Waals surface area contributed by atoms with Gasteiger partial charge in [-0.15, -0.1) is 11.3 Å². The standard InChI is InChI=1S/C15H14ClN3O3S/c16-13-6-5-12(23-13)14(20)18-7-9-8-19(15(21)22-9)11-4-2-1-3-10(11)17/h1-6,9H,7-8,17H2,(H,18,20)/t9-/m0/s1. The van der Waals surface area contributed by atoms with Gasteiger partial charge in [0.25, 0.3) is 5.91 Å². The molecule has 0 bridgehead atoms. The number of rotatable bonds is 4. The van der Waals surface area contributed by atoms with E-state index in [0.717, 1.165) is 0 Å². The van der Waals surface area contributed by atoms with Crippen LogP contribution in [-0.4, -0.2) is 31.2 Å². The Morgan fingerprint density at radius 1 is 1.39 bits per heavy atom. The number of nitrogens with one attached hydrogen (secondary N) is 1. The Bertz CT molecular complexity index is 749. The molecule has 1 atom stereocenters. The molecule has 1 aromatic carbocycles. The third-order valence-electron chi connectivity index (χ3n) is 3.39. The van der Waals surface area contributed by atoms with Crippen LogP contribution in [0.15, 0.2) is 36.4 Å². The topological polar surface area (TPSA) is 84.7 Å². The summed E-state index contributed by atoms with van der Waals surface area (Å²) >= 11 is 7.00. The Balaban J connectivity index is 1.60. The molecule has 1 fully saturated rings. The van der Waals surface area contributed by atoms with Gasteiger partial charge in [-0.05, 0) is 24.3 Å². The van der Waals surface area contributed by atoms with Gasteiger partial charge in [-0.1, -0.05) is 23.7 Å². The fourth-order valence-corrected chi connectivity index (χ4v) is 3.25. The van der Waals surface area contributed by atoms with Crippen molar-refractivity contribution in [3.05, 3.63) is 45.6 Å². The third-order valence-corrected chi connectivity index (χ3v) is 4.62. The molecule has 6 nitrogen and oxygen atoms in total. The minimum atomic E-state index is -0.471. The first-order valence-electron chi connectivity index (χ1n) is 6.91. The first-order chi connectivity index (χ1) is 11.0. The average molecular weight is 352 g/mol. The number of anilines is 2. The molecule has 8 heteroatoms. The highest BCUT2D eigenvalue weighted by Crippen LogP contribution is 2.27. The van der Waals surface area contributed by atoms with Gasteiger partial charge in [0.05, 0.1) is 33.7 Å². The fraction of sp³-hybridized carbons (Fsp3) is 0.200. The van der Waals surface area contributed by atoms with E-state index in [-0.39, 0.29) is 12.5 Å². The molecular weight excluding hydrogens is 338 g/mol. The highest BCUT2D eigenvalue weighted by Gasteiger charge is 2.33. The van der Waals surface area contributed by atoms with E-state index in [0.29, 0.717) is 27.1 Å². The largest absolute Gasteiger partial charge is 0.442 e. The SMILES string of the molecule is Nc1ccccc1N1C[C@H](CNC(=O)c2ccc(Cl)s2)OC1=O. The predicted octanol–water partition coefficient (Wildman–Crippen LogP) is 2.74.